The van der Waals surface area contributed by atoms with Crippen LogP contribution < -0.4 is 5.73 Å². The van der Waals surface area contributed by atoms with Crippen LogP contribution in [0.3, 0.4) is 0 Å². The van der Waals surface area contributed by atoms with E-state index in [1.54, 1.807) is 12.5 Å². The SMILES string of the molecule is Cl.NC[C@H]1OCCc2c(-c3ncco3)cccc21. The Morgan fingerprint density at radius 1 is 1.39 bits per heavy atom. The van der Waals surface area contributed by atoms with E-state index >= 15 is 0 Å². The van der Waals surface area contributed by atoms with Crippen molar-refractivity contribution in [3.63, 3.8) is 0 Å². The molecule has 0 radical (unpaired) electrons. The molecule has 2 aromatic rings. The van der Waals surface area contributed by atoms with Crippen LogP contribution in [0.1, 0.15) is 17.2 Å². The van der Waals surface area contributed by atoms with Crippen molar-refractivity contribution in [2.45, 2.75) is 12.5 Å². The highest BCUT2D eigenvalue weighted by Gasteiger charge is 2.23. The zero-order chi connectivity index (χ0) is 11.7. The number of nitrogens with two attached hydrogens (primary N) is 1. The first-order chi connectivity index (χ1) is 8.40. The number of nitrogens with zero attached hydrogens (tertiary/aromatic N) is 1. The summed E-state index contributed by atoms with van der Waals surface area (Å²) in [5, 5.41) is 0. The molecule has 2 heterocycles. The van der Waals surface area contributed by atoms with Crippen molar-refractivity contribution < 1.29 is 9.15 Å². The monoisotopic (exact) mass is 266 g/mol. The van der Waals surface area contributed by atoms with Crippen molar-refractivity contribution in [2.75, 3.05) is 13.2 Å². The predicted octanol–water partition coefficient (Wildman–Crippen LogP) is 2.34. The van der Waals surface area contributed by atoms with E-state index in [2.05, 4.69) is 11.1 Å². The van der Waals surface area contributed by atoms with Gasteiger partial charge in [0.2, 0.25) is 5.89 Å². The molecule has 4 nitrogen and oxygen atoms in total. The summed E-state index contributed by atoms with van der Waals surface area (Å²) in [7, 11) is 0. The van der Waals surface area contributed by atoms with E-state index in [-0.39, 0.29) is 18.5 Å². The van der Waals surface area contributed by atoms with Gasteiger partial charge in [0.05, 0.1) is 18.9 Å². The highest BCUT2D eigenvalue weighted by molar-refractivity contribution is 5.85. The van der Waals surface area contributed by atoms with E-state index < -0.39 is 0 Å². The third-order valence-electron chi connectivity index (χ3n) is 3.11. The topological polar surface area (TPSA) is 61.3 Å². The Bertz CT molecular complexity index is 514. The van der Waals surface area contributed by atoms with Gasteiger partial charge < -0.3 is 14.9 Å². The summed E-state index contributed by atoms with van der Waals surface area (Å²) < 4.78 is 11.0. The van der Waals surface area contributed by atoms with Crippen molar-refractivity contribution in [1.29, 1.82) is 0 Å². The molecule has 0 fully saturated rings. The molecule has 1 aliphatic rings. The number of aromatic nitrogens is 1. The Labute approximate surface area is 112 Å². The highest BCUT2D eigenvalue weighted by atomic mass is 35.5. The van der Waals surface area contributed by atoms with Crippen molar-refractivity contribution in [1.82, 2.24) is 4.98 Å². The minimum absolute atomic E-state index is 0. The van der Waals surface area contributed by atoms with E-state index in [1.807, 2.05) is 12.1 Å². The smallest absolute Gasteiger partial charge is 0.226 e. The number of halogens is 1. The Morgan fingerprint density at radius 3 is 3.00 bits per heavy atom. The minimum atomic E-state index is -0.00587. The lowest BCUT2D eigenvalue weighted by atomic mass is 9.93. The normalized spacial score (nSPS) is 17.9. The number of fused-ring (bicyclic) bond motifs is 1. The van der Waals surface area contributed by atoms with Gasteiger partial charge in [0.25, 0.3) is 0 Å². The summed E-state index contributed by atoms with van der Waals surface area (Å²) in [5.41, 5.74) is 9.18. The Balaban J connectivity index is 0.00000120. The van der Waals surface area contributed by atoms with E-state index in [9.17, 15) is 0 Å². The van der Waals surface area contributed by atoms with Crippen LogP contribution in [0.25, 0.3) is 11.5 Å². The lowest BCUT2D eigenvalue weighted by Gasteiger charge is -2.26. The van der Waals surface area contributed by atoms with Crippen LogP contribution in [0.4, 0.5) is 0 Å². The molecule has 5 heteroatoms. The maximum absolute atomic E-state index is 5.72. The third kappa shape index (κ3) is 2.14. The number of hydrogen-bond acceptors (Lipinski definition) is 4. The molecule has 0 bridgehead atoms. The summed E-state index contributed by atoms with van der Waals surface area (Å²) in [6.07, 6.45) is 4.13. The van der Waals surface area contributed by atoms with Gasteiger partial charge in [-0.25, -0.2) is 4.98 Å². The van der Waals surface area contributed by atoms with Crippen LogP contribution >= 0.6 is 12.4 Å². The second-order valence-electron chi connectivity index (χ2n) is 4.06. The molecule has 0 saturated carbocycles. The molecular formula is C13H15ClN2O2. The van der Waals surface area contributed by atoms with Crippen LogP contribution in [0.5, 0.6) is 0 Å². The zero-order valence-corrected chi connectivity index (χ0v) is 10.7. The molecule has 18 heavy (non-hydrogen) atoms. The second-order valence-corrected chi connectivity index (χ2v) is 4.06. The molecule has 3 rings (SSSR count). The summed E-state index contributed by atoms with van der Waals surface area (Å²) in [5.74, 6) is 0.666. The number of ether oxygens (including phenoxy) is 1. The standard InChI is InChI=1S/C13H14N2O2.ClH/c14-8-12-10-2-1-3-11(9(10)4-6-16-12)13-15-5-7-17-13;/h1-3,5,7,12H,4,6,8,14H2;1H/t12-;/m1./s1. The third-order valence-corrected chi connectivity index (χ3v) is 3.11. The lowest BCUT2D eigenvalue weighted by Crippen LogP contribution is -2.23. The van der Waals surface area contributed by atoms with E-state index in [4.69, 9.17) is 14.9 Å². The van der Waals surface area contributed by atoms with Crippen LogP contribution in [-0.4, -0.2) is 18.1 Å². The molecule has 1 aromatic heterocycles. The van der Waals surface area contributed by atoms with Gasteiger partial charge in [-0.1, -0.05) is 12.1 Å². The number of benzene rings is 1. The van der Waals surface area contributed by atoms with Crippen molar-refractivity contribution >= 4 is 12.4 Å². The molecule has 0 saturated heterocycles. The number of oxazole rings is 1. The van der Waals surface area contributed by atoms with Gasteiger partial charge >= 0.3 is 0 Å². The van der Waals surface area contributed by atoms with E-state index in [1.165, 1.54) is 5.56 Å². The fourth-order valence-electron chi connectivity index (χ4n) is 2.33. The average Bonchev–Trinajstić information content (AvgIpc) is 2.91. The van der Waals surface area contributed by atoms with Crippen LogP contribution in [0, 0.1) is 0 Å². The molecule has 1 aromatic carbocycles. The quantitative estimate of drug-likeness (QED) is 0.906. The maximum atomic E-state index is 5.72. The van der Waals surface area contributed by atoms with Crippen LogP contribution in [0.2, 0.25) is 0 Å². The summed E-state index contributed by atoms with van der Waals surface area (Å²) in [6.45, 7) is 1.20. The summed E-state index contributed by atoms with van der Waals surface area (Å²) in [6, 6.07) is 6.09. The van der Waals surface area contributed by atoms with Gasteiger partial charge in [0.1, 0.15) is 6.26 Å². The maximum Gasteiger partial charge on any atom is 0.226 e. The first kappa shape index (κ1) is 13.1. The molecular weight excluding hydrogens is 252 g/mol. The van der Waals surface area contributed by atoms with Gasteiger partial charge in [-0.05, 0) is 23.6 Å². The Kier molecular flexibility index (Phi) is 4.01. The average molecular weight is 267 g/mol. The van der Waals surface area contributed by atoms with Crippen molar-refractivity contribution in [2.24, 2.45) is 5.73 Å². The van der Waals surface area contributed by atoms with Crippen molar-refractivity contribution in [3.8, 4) is 11.5 Å². The lowest BCUT2D eigenvalue weighted by molar-refractivity contribution is 0.0486. The highest BCUT2D eigenvalue weighted by Crippen LogP contribution is 2.33. The van der Waals surface area contributed by atoms with Gasteiger partial charge in [-0.2, -0.15) is 0 Å². The van der Waals surface area contributed by atoms with Gasteiger partial charge in [-0.15, -0.1) is 12.4 Å². The second kappa shape index (κ2) is 5.52. The Morgan fingerprint density at radius 2 is 2.28 bits per heavy atom. The Hall–Kier alpha value is -1.36. The van der Waals surface area contributed by atoms with Gasteiger partial charge in [0, 0.05) is 12.1 Å². The van der Waals surface area contributed by atoms with Gasteiger partial charge in [-0.3, -0.25) is 0 Å². The molecule has 0 amide bonds. The van der Waals surface area contributed by atoms with Crippen molar-refractivity contribution in [3.05, 3.63) is 41.8 Å². The molecule has 0 spiro atoms. The minimum Gasteiger partial charge on any atom is -0.445 e. The largest absolute Gasteiger partial charge is 0.445 e. The molecule has 0 unspecified atom stereocenters. The number of hydrogen-bond donors (Lipinski definition) is 1. The van der Waals surface area contributed by atoms with Crippen LogP contribution in [-0.2, 0) is 11.2 Å². The van der Waals surface area contributed by atoms with Crippen LogP contribution in [0.15, 0.2) is 35.1 Å². The molecule has 1 aliphatic heterocycles. The molecule has 96 valence electrons. The van der Waals surface area contributed by atoms with Gasteiger partial charge in [0.15, 0.2) is 0 Å². The molecule has 1 atom stereocenters. The predicted molar refractivity (Wildman–Crippen MR) is 70.6 cm³/mol. The fourth-order valence-corrected chi connectivity index (χ4v) is 2.33. The molecule has 2 N–H and O–H groups in total. The number of rotatable bonds is 2. The first-order valence-electron chi connectivity index (χ1n) is 5.73. The fraction of sp³-hybridized carbons (Fsp3) is 0.308. The van der Waals surface area contributed by atoms with E-state index in [0.29, 0.717) is 19.0 Å². The first-order valence-corrected chi connectivity index (χ1v) is 5.73. The summed E-state index contributed by atoms with van der Waals surface area (Å²) in [4.78, 5) is 4.21. The molecule has 0 aliphatic carbocycles. The summed E-state index contributed by atoms with van der Waals surface area (Å²) >= 11 is 0. The zero-order valence-electron chi connectivity index (χ0n) is 9.83. The van der Waals surface area contributed by atoms with E-state index in [0.717, 1.165) is 17.5 Å².